The Hall–Kier alpha value is -1.26. The lowest BCUT2D eigenvalue weighted by atomic mass is 9.68. The largest absolute Gasteiger partial charge is 0.501 e. The van der Waals surface area contributed by atoms with Gasteiger partial charge in [0.1, 0.15) is 6.10 Å². The van der Waals surface area contributed by atoms with Gasteiger partial charge in [0.05, 0.1) is 11.0 Å². The molecule has 28 heavy (non-hydrogen) atoms. The molecule has 0 bridgehead atoms. The Balaban J connectivity index is 2.20. The number of aliphatic hydroxyl groups is 2. The van der Waals surface area contributed by atoms with Crippen LogP contribution in [0.4, 0.5) is 22.0 Å². The molecule has 0 aliphatic heterocycles. The van der Waals surface area contributed by atoms with Crippen LogP contribution in [-0.4, -0.2) is 36.2 Å². The van der Waals surface area contributed by atoms with Crippen LogP contribution in [0.5, 0.6) is 0 Å². The number of alkyl halides is 5. The summed E-state index contributed by atoms with van der Waals surface area (Å²) in [4.78, 5) is -1.33. The summed E-state index contributed by atoms with van der Waals surface area (Å²) in [6, 6.07) is 1.76. The van der Waals surface area contributed by atoms with Crippen molar-refractivity contribution in [1.29, 1.82) is 0 Å². The molecule has 3 atom stereocenters. The average Bonchev–Trinajstić information content (AvgIpc) is 2.73. The van der Waals surface area contributed by atoms with E-state index in [1.54, 1.807) is 0 Å². The second-order valence-electron chi connectivity index (χ2n) is 8.49. The Bertz CT molecular complexity index is 892. The van der Waals surface area contributed by atoms with Crippen LogP contribution in [0.15, 0.2) is 17.0 Å². The highest BCUT2D eigenvalue weighted by Gasteiger charge is 2.55. The average molecular weight is 428 g/mol. The van der Waals surface area contributed by atoms with Crippen molar-refractivity contribution in [2.24, 2.45) is 5.41 Å². The number of sulfone groups is 1. The van der Waals surface area contributed by atoms with Gasteiger partial charge in [0.25, 0.3) is 15.8 Å². The number of fused-ring (bicyclic) bond motifs is 1. The zero-order valence-corrected chi connectivity index (χ0v) is 16.0. The number of halogens is 5. The summed E-state index contributed by atoms with van der Waals surface area (Å²) in [5.41, 5.74) is -6.89. The van der Waals surface area contributed by atoms with Crippen LogP contribution in [0.3, 0.4) is 0 Å². The molecule has 1 fully saturated rings. The maximum atomic E-state index is 14.2. The van der Waals surface area contributed by atoms with Gasteiger partial charge in [-0.05, 0) is 47.8 Å². The van der Waals surface area contributed by atoms with Crippen LogP contribution >= 0.6 is 0 Å². The number of benzene rings is 1. The topological polar surface area (TPSA) is 74.6 Å². The molecule has 158 valence electrons. The number of rotatable bonds is 2. The predicted molar refractivity (Wildman–Crippen MR) is 89.7 cm³/mol. The van der Waals surface area contributed by atoms with Gasteiger partial charge >= 0.3 is 5.51 Å². The van der Waals surface area contributed by atoms with E-state index >= 15 is 0 Å². The molecule has 1 aromatic carbocycles. The molecule has 3 rings (SSSR count). The van der Waals surface area contributed by atoms with E-state index in [0.29, 0.717) is 18.9 Å². The molecular weight excluding hydrogens is 407 g/mol. The molecule has 2 aliphatic rings. The zero-order valence-electron chi connectivity index (χ0n) is 15.2. The Morgan fingerprint density at radius 1 is 1.11 bits per heavy atom. The lowest BCUT2D eigenvalue weighted by molar-refractivity contribution is -0.0978. The van der Waals surface area contributed by atoms with Crippen molar-refractivity contribution in [2.75, 3.05) is 0 Å². The summed E-state index contributed by atoms with van der Waals surface area (Å²) in [6.45, 7) is 3.77. The lowest BCUT2D eigenvalue weighted by Crippen LogP contribution is -2.31. The lowest BCUT2D eigenvalue weighted by Gasteiger charge is -2.39. The minimum atomic E-state index is -5.91. The summed E-state index contributed by atoms with van der Waals surface area (Å²) in [5.74, 6) is -4.21. The van der Waals surface area contributed by atoms with E-state index in [1.165, 1.54) is 0 Å². The van der Waals surface area contributed by atoms with Crippen molar-refractivity contribution in [2.45, 2.75) is 74.0 Å². The molecule has 0 spiro atoms. The van der Waals surface area contributed by atoms with Gasteiger partial charge in [0.2, 0.25) is 0 Å². The van der Waals surface area contributed by atoms with Crippen molar-refractivity contribution in [3.63, 3.8) is 0 Å². The minimum Gasteiger partial charge on any atom is -0.393 e. The summed E-state index contributed by atoms with van der Waals surface area (Å²) in [5, 5.41) is 20.1. The summed E-state index contributed by atoms with van der Waals surface area (Å²) < 4.78 is 91.3. The molecule has 10 heteroatoms. The highest BCUT2D eigenvalue weighted by atomic mass is 32.2. The fraction of sp³-hybridized carbons (Fsp3) is 0.667. The molecule has 0 aromatic heterocycles. The second kappa shape index (κ2) is 6.37. The second-order valence-corrected chi connectivity index (χ2v) is 10.4. The Labute approximate surface area is 159 Å². The Kier molecular flexibility index (Phi) is 4.88. The third-order valence-corrected chi connectivity index (χ3v) is 7.16. The fourth-order valence-electron chi connectivity index (χ4n) is 4.56. The van der Waals surface area contributed by atoms with Crippen LogP contribution in [0.1, 0.15) is 61.8 Å². The molecule has 0 radical (unpaired) electrons. The van der Waals surface area contributed by atoms with Crippen LogP contribution in [-0.2, 0) is 16.3 Å². The highest BCUT2D eigenvalue weighted by molar-refractivity contribution is 7.92. The molecule has 2 aliphatic carbocycles. The Morgan fingerprint density at radius 3 is 2.25 bits per heavy atom. The maximum absolute atomic E-state index is 14.2. The van der Waals surface area contributed by atoms with Crippen molar-refractivity contribution in [3.8, 4) is 0 Å². The van der Waals surface area contributed by atoms with Gasteiger partial charge in [-0.3, -0.25) is 0 Å². The first kappa shape index (κ1) is 21.4. The first-order chi connectivity index (χ1) is 12.6. The zero-order chi connectivity index (χ0) is 21.3. The van der Waals surface area contributed by atoms with E-state index in [9.17, 15) is 40.6 Å². The Morgan fingerprint density at radius 2 is 1.71 bits per heavy atom. The van der Waals surface area contributed by atoms with Crippen LogP contribution in [0.2, 0.25) is 0 Å². The van der Waals surface area contributed by atoms with E-state index < -0.39 is 56.3 Å². The molecule has 2 N–H and O–H groups in total. The summed E-state index contributed by atoms with van der Waals surface area (Å²) in [6.07, 6.45) is -3.20. The molecule has 0 saturated heterocycles. The number of hydrogen-bond donors (Lipinski definition) is 2. The number of hydrogen-bond acceptors (Lipinski definition) is 4. The molecule has 0 amide bonds. The van der Waals surface area contributed by atoms with Crippen LogP contribution < -0.4 is 0 Å². The van der Waals surface area contributed by atoms with Crippen molar-refractivity contribution in [1.82, 2.24) is 0 Å². The molecule has 4 nitrogen and oxygen atoms in total. The van der Waals surface area contributed by atoms with Gasteiger partial charge in [0, 0.05) is 12.0 Å². The third kappa shape index (κ3) is 3.43. The molecule has 0 heterocycles. The van der Waals surface area contributed by atoms with E-state index in [-0.39, 0.29) is 23.0 Å². The minimum absolute atomic E-state index is 0.225. The SMILES string of the molecule is CC1(C)C[C@H](O)C[C@@H](c2ccc(S(=O)(=O)C(F)(F)F)c3c2CC(F)(F)[C@H]3O)C1. The first-order valence-corrected chi connectivity index (χ1v) is 10.3. The summed E-state index contributed by atoms with van der Waals surface area (Å²) >= 11 is 0. The van der Waals surface area contributed by atoms with Gasteiger partial charge in [-0.2, -0.15) is 13.2 Å². The first-order valence-electron chi connectivity index (χ1n) is 8.78. The molecular formula is C18H21F5O4S. The normalized spacial score (nSPS) is 29.5. The molecule has 1 saturated carbocycles. The standard InChI is InChI=1S/C18H21F5O4S/c1-16(2)6-9(5-10(24)7-16)11-3-4-13(28(26,27)18(21,22)23)14-12(11)8-17(19,20)15(14)25/h3-4,9-10,15,24-25H,5-8H2,1-2H3/t9-,10-,15+/m1/s1. The highest BCUT2D eigenvalue weighted by Crippen LogP contribution is 2.52. The maximum Gasteiger partial charge on any atom is 0.501 e. The fourth-order valence-corrected chi connectivity index (χ4v) is 5.58. The summed E-state index contributed by atoms with van der Waals surface area (Å²) in [7, 11) is -5.91. The van der Waals surface area contributed by atoms with E-state index in [2.05, 4.69) is 0 Å². The van der Waals surface area contributed by atoms with E-state index in [4.69, 9.17) is 0 Å². The van der Waals surface area contributed by atoms with Gasteiger partial charge in [-0.15, -0.1) is 0 Å². The van der Waals surface area contributed by atoms with Gasteiger partial charge in [-0.1, -0.05) is 19.9 Å². The van der Waals surface area contributed by atoms with E-state index in [1.807, 2.05) is 13.8 Å². The van der Waals surface area contributed by atoms with E-state index in [0.717, 1.165) is 6.07 Å². The van der Waals surface area contributed by atoms with Gasteiger partial charge < -0.3 is 10.2 Å². The van der Waals surface area contributed by atoms with Gasteiger partial charge in [-0.25, -0.2) is 17.2 Å². The van der Waals surface area contributed by atoms with Crippen LogP contribution in [0.25, 0.3) is 0 Å². The number of aliphatic hydroxyl groups excluding tert-OH is 2. The quantitative estimate of drug-likeness (QED) is 0.702. The molecule has 1 aromatic rings. The predicted octanol–water partition coefficient (Wildman–Crippen LogP) is 3.86. The smallest absolute Gasteiger partial charge is 0.393 e. The van der Waals surface area contributed by atoms with Gasteiger partial charge in [0.15, 0.2) is 0 Å². The van der Waals surface area contributed by atoms with Crippen LogP contribution in [0, 0.1) is 5.41 Å². The van der Waals surface area contributed by atoms with Crippen molar-refractivity contribution >= 4 is 9.84 Å². The van der Waals surface area contributed by atoms with Crippen molar-refractivity contribution < 1.29 is 40.6 Å². The van der Waals surface area contributed by atoms with Crippen molar-refractivity contribution in [3.05, 3.63) is 28.8 Å². The monoisotopic (exact) mass is 428 g/mol. The third-order valence-electron chi connectivity index (χ3n) is 5.62. The molecule has 0 unspecified atom stereocenters.